The van der Waals surface area contributed by atoms with E-state index in [2.05, 4.69) is 39.8 Å². The topological polar surface area (TPSA) is 67.0 Å². The molecule has 0 fully saturated rings. The molecule has 1 aliphatic heterocycles. The summed E-state index contributed by atoms with van der Waals surface area (Å²) in [4.78, 5) is 11.9. The van der Waals surface area contributed by atoms with Crippen LogP contribution in [-0.2, 0) is 11.2 Å². The van der Waals surface area contributed by atoms with Crippen molar-refractivity contribution in [2.24, 2.45) is 0 Å². The summed E-state index contributed by atoms with van der Waals surface area (Å²) >= 11 is 1.61. The van der Waals surface area contributed by atoms with Crippen molar-refractivity contribution in [1.82, 2.24) is 10.2 Å². The standard InChI is InChI=1S/C21H21N3O2S/c1-14-19-20(27-13-18(25)22-21(19)24-23-14)16-7-9-17(10-8-16)26-12-11-15-5-3-2-4-6-15/h2-10,20H,11-13H2,1H3,(H2,22,23,24,25). The number of thioether (sulfide) groups is 1. The number of amides is 1. The predicted octanol–water partition coefficient (Wildman–Crippen LogP) is 4.11. The van der Waals surface area contributed by atoms with Gasteiger partial charge in [-0.1, -0.05) is 42.5 Å². The summed E-state index contributed by atoms with van der Waals surface area (Å²) in [6.45, 7) is 2.63. The Morgan fingerprint density at radius 3 is 2.70 bits per heavy atom. The molecule has 0 bridgehead atoms. The lowest BCUT2D eigenvalue weighted by Gasteiger charge is -2.16. The van der Waals surface area contributed by atoms with E-state index in [1.165, 1.54) is 5.56 Å². The highest BCUT2D eigenvalue weighted by Gasteiger charge is 2.28. The van der Waals surface area contributed by atoms with Gasteiger partial charge in [0.05, 0.1) is 17.6 Å². The van der Waals surface area contributed by atoms with Gasteiger partial charge in [0, 0.05) is 17.7 Å². The van der Waals surface area contributed by atoms with E-state index in [9.17, 15) is 4.79 Å². The van der Waals surface area contributed by atoms with E-state index in [0.29, 0.717) is 18.2 Å². The average molecular weight is 379 g/mol. The van der Waals surface area contributed by atoms with Gasteiger partial charge in [-0.25, -0.2) is 0 Å². The summed E-state index contributed by atoms with van der Waals surface area (Å²) in [5.74, 6) is 1.88. The van der Waals surface area contributed by atoms with Crippen LogP contribution < -0.4 is 10.1 Å². The molecule has 0 aliphatic carbocycles. The van der Waals surface area contributed by atoms with Crippen molar-refractivity contribution in [1.29, 1.82) is 0 Å². The van der Waals surface area contributed by atoms with Gasteiger partial charge in [0.25, 0.3) is 0 Å². The average Bonchev–Trinajstić information content (AvgIpc) is 2.95. The van der Waals surface area contributed by atoms with E-state index >= 15 is 0 Å². The minimum atomic E-state index is -0.0175. The molecule has 0 radical (unpaired) electrons. The van der Waals surface area contributed by atoms with E-state index in [1.54, 1.807) is 11.8 Å². The summed E-state index contributed by atoms with van der Waals surface area (Å²) in [7, 11) is 0. The number of carbonyl (C=O) groups excluding carboxylic acids is 1. The van der Waals surface area contributed by atoms with Crippen LogP contribution in [0.2, 0.25) is 0 Å². The van der Waals surface area contributed by atoms with Gasteiger partial charge in [-0.2, -0.15) is 5.10 Å². The molecule has 0 spiro atoms. The highest BCUT2D eigenvalue weighted by Crippen LogP contribution is 2.42. The molecule has 5 nitrogen and oxygen atoms in total. The normalized spacial score (nSPS) is 16.3. The fraction of sp³-hybridized carbons (Fsp3) is 0.238. The number of nitrogens with zero attached hydrogens (tertiary/aromatic N) is 1. The molecule has 3 aromatic rings. The molecule has 2 heterocycles. The van der Waals surface area contributed by atoms with E-state index in [0.717, 1.165) is 29.0 Å². The molecule has 1 amide bonds. The zero-order chi connectivity index (χ0) is 18.6. The third kappa shape index (κ3) is 4.01. The highest BCUT2D eigenvalue weighted by molar-refractivity contribution is 8.00. The molecule has 1 atom stereocenters. The fourth-order valence-corrected chi connectivity index (χ4v) is 4.39. The molecule has 0 saturated carbocycles. The summed E-state index contributed by atoms with van der Waals surface area (Å²) in [5, 5.41) is 10.2. The van der Waals surface area contributed by atoms with Crippen LogP contribution in [0.25, 0.3) is 0 Å². The summed E-state index contributed by atoms with van der Waals surface area (Å²) in [6.07, 6.45) is 0.881. The van der Waals surface area contributed by atoms with Gasteiger partial charge in [0.1, 0.15) is 5.75 Å². The summed E-state index contributed by atoms with van der Waals surface area (Å²) < 4.78 is 5.88. The number of rotatable bonds is 5. The van der Waals surface area contributed by atoms with Crippen LogP contribution >= 0.6 is 11.8 Å². The Morgan fingerprint density at radius 1 is 1.15 bits per heavy atom. The number of benzene rings is 2. The number of ether oxygens (including phenoxy) is 1. The molecule has 6 heteroatoms. The predicted molar refractivity (Wildman–Crippen MR) is 108 cm³/mol. The minimum Gasteiger partial charge on any atom is -0.493 e. The van der Waals surface area contributed by atoms with Crippen molar-refractivity contribution in [3.8, 4) is 5.75 Å². The first kappa shape index (κ1) is 17.7. The molecule has 138 valence electrons. The molecular formula is C21H21N3O2S. The molecular weight excluding hydrogens is 358 g/mol. The Balaban J connectivity index is 1.46. The van der Waals surface area contributed by atoms with E-state index in [4.69, 9.17) is 4.74 Å². The van der Waals surface area contributed by atoms with Crippen LogP contribution in [0.5, 0.6) is 5.75 Å². The number of aromatic amines is 1. The number of nitrogens with one attached hydrogen (secondary N) is 2. The Bertz CT molecular complexity index is 922. The number of carbonyl (C=O) groups is 1. The molecule has 1 aromatic heterocycles. The van der Waals surface area contributed by atoms with Crippen molar-refractivity contribution in [3.63, 3.8) is 0 Å². The first-order chi connectivity index (χ1) is 13.2. The van der Waals surface area contributed by atoms with Gasteiger partial charge in [0.15, 0.2) is 5.82 Å². The summed E-state index contributed by atoms with van der Waals surface area (Å²) in [5.41, 5.74) is 4.43. The van der Waals surface area contributed by atoms with Crippen LogP contribution in [-0.4, -0.2) is 28.5 Å². The third-order valence-electron chi connectivity index (χ3n) is 4.58. The lowest BCUT2D eigenvalue weighted by Crippen LogP contribution is -2.12. The lowest BCUT2D eigenvalue weighted by atomic mass is 10.0. The molecule has 1 unspecified atom stereocenters. The van der Waals surface area contributed by atoms with E-state index < -0.39 is 0 Å². The third-order valence-corrected chi connectivity index (χ3v) is 5.85. The van der Waals surface area contributed by atoms with E-state index in [-0.39, 0.29) is 11.2 Å². The van der Waals surface area contributed by atoms with Crippen LogP contribution in [0.4, 0.5) is 5.82 Å². The maximum absolute atomic E-state index is 11.9. The Labute approximate surface area is 162 Å². The minimum absolute atomic E-state index is 0.0175. The number of anilines is 1. The van der Waals surface area contributed by atoms with Crippen LogP contribution in [0, 0.1) is 6.92 Å². The van der Waals surface area contributed by atoms with Gasteiger partial charge in [-0.15, -0.1) is 11.8 Å². The number of hydrogen-bond donors (Lipinski definition) is 2. The molecule has 1 aliphatic rings. The molecule has 2 N–H and O–H groups in total. The fourth-order valence-electron chi connectivity index (χ4n) is 3.20. The quantitative estimate of drug-likeness (QED) is 0.700. The van der Waals surface area contributed by atoms with Crippen LogP contribution in [0.1, 0.15) is 27.6 Å². The zero-order valence-electron chi connectivity index (χ0n) is 15.1. The monoisotopic (exact) mass is 379 g/mol. The first-order valence-corrected chi connectivity index (χ1v) is 9.98. The number of fused-ring (bicyclic) bond motifs is 1. The largest absolute Gasteiger partial charge is 0.493 e. The Morgan fingerprint density at radius 2 is 1.93 bits per heavy atom. The SMILES string of the molecule is Cc1[nH]nc2c1C(c1ccc(OCCc3ccccc3)cc1)SCC(=O)N2. The lowest BCUT2D eigenvalue weighted by molar-refractivity contribution is -0.113. The van der Waals surface area contributed by atoms with Crippen molar-refractivity contribution >= 4 is 23.5 Å². The zero-order valence-corrected chi connectivity index (χ0v) is 15.9. The van der Waals surface area contributed by atoms with E-state index in [1.807, 2.05) is 37.3 Å². The smallest absolute Gasteiger partial charge is 0.235 e. The maximum atomic E-state index is 11.9. The molecule has 2 aromatic carbocycles. The van der Waals surface area contributed by atoms with Gasteiger partial charge in [-0.3, -0.25) is 9.89 Å². The molecule has 27 heavy (non-hydrogen) atoms. The van der Waals surface area contributed by atoms with Crippen LogP contribution in [0.3, 0.4) is 0 Å². The van der Waals surface area contributed by atoms with Crippen LogP contribution in [0.15, 0.2) is 54.6 Å². The number of hydrogen-bond acceptors (Lipinski definition) is 4. The second kappa shape index (κ2) is 7.88. The number of aromatic nitrogens is 2. The number of aryl methyl sites for hydroxylation is 1. The van der Waals surface area contributed by atoms with Crippen molar-refractivity contribution < 1.29 is 9.53 Å². The second-order valence-corrected chi connectivity index (χ2v) is 7.60. The van der Waals surface area contributed by atoms with Crippen molar-refractivity contribution in [2.45, 2.75) is 18.6 Å². The molecule has 4 rings (SSSR count). The number of H-pyrrole nitrogens is 1. The second-order valence-electron chi connectivity index (χ2n) is 6.50. The van der Waals surface area contributed by atoms with Gasteiger partial charge in [0.2, 0.25) is 5.91 Å². The molecule has 0 saturated heterocycles. The van der Waals surface area contributed by atoms with Gasteiger partial charge in [-0.05, 0) is 30.2 Å². The first-order valence-electron chi connectivity index (χ1n) is 8.94. The van der Waals surface area contributed by atoms with Crippen molar-refractivity contribution in [2.75, 3.05) is 17.7 Å². The van der Waals surface area contributed by atoms with Gasteiger partial charge >= 0.3 is 0 Å². The van der Waals surface area contributed by atoms with Gasteiger partial charge < -0.3 is 10.1 Å². The Kier molecular flexibility index (Phi) is 5.16. The highest BCUT2D eigenvalue weighted by atomic mass is 32.2. The Hall–Kier alpha value is -2.73. The van der Waals surface area contributed by atoms with Crippen molar-refractivity contribution in [3.05, 3.63) is 77.0 Å². The maximum Gasteiger partial charge on any atom is 0.235 e. The summed E-state index contributed by atoms with van der Waals surface area (Å²) in [6, 6.07) is 18.5.